The van der Waals surface area contributed by atoms with Gasteiger partial charge < -0.3 is 15.4 Å². The molecule has 1 fully saturated rings. The van der Waals surface area contributed by atoms with Crippen LogP contribution in [-0.2, 0) is 4.79 Å². The normalized spacial score (nSPS) is 15.9. The van der Waals surface area contributed by atoms with Crippen molar-refractivity contribution in [1.29, 1.82) is 0 Å². The van der Waals surface area contributed by atoms with Crippen molar-refractivity contribution in [1.82, 2.24) is 4.90 Å². The molecule has 2 rings (SSSR count). The van der Waals surface area contributed by atoms with Crippen molar-refractivity contribution in [3.05, 3.63) is 29.8 Å². The summed E-state index contributed by atoms with van der Waals surface area (Å²) < 4.78 is 5.53. The Balaban J connectivity index is 1.85. The molecule has 0 aliphatic heterocycles. The van der Waals surface area contributed by atoms with Gasteiger partial charge in [0.05, 0.1) is 0 Å². The van der Waals surface area contributed by atoms with Crippen LogP contribution in [0.4, 0.5) is 0 Å². The number of amides is 1. The molecular formula is C15H22N2O2. The summed E-state index contributed by atoms with van der Waals surface area (Å²) in [5.74, 6) is 0.783. The van der Waals surface area contributed by atoms with Crippen molar-refractivity contribution in [3.8, 4) is 5.75 Å². The fraction of sp³-hybridized carbons (Fsp3) is 0.533. The molecule has 4 heteroatoms. The maximum absolute atomic E-state index is 12.0. The lowest BCUT2D eigenvalue weighted by atomic mass is 10.1. The topological polar surface area (TPSA) is 55.6 Å². The first-order valence-corrected chi connectivity index (χ1v) is 6.89. The predicted octanol–water partition coefficient (Wildman–Crippen LogP) is 2.10. The van der Waals surface area contributed by atoms with Gasteiger partial charge in [-0.2, -0.15) is 0 Å². The Labute approximate surface area is 114 Å². The number of nitrogens with zero attached hydrogens (tertiary/aromatic N) is 1. The fourth-order valence-electron chi connectivity index (χ4n) is 2.12. The summed E-state index contributed by atoms with van der Waals surface area (Å²) in [6.45, 7) is 4.82. The van der Waals surface area contributed by atoms with Gasteiger partial charge >= 0.3 is 0 Å². The lowest BCUT2D eigenvalue weighted by Gasteiger charge is -2.20. The molecule has 104 valence electrons. The van der Waals surface area contributed by atoms with Crippen LogP contribution in [0.15, 0.2) is 24.3 Å². The molecule has 1 aromatic rings. The van der Waals surface area contributed by atoms with Crippen LogP contribution in [0.25, 0.3) is 0 Å². The number of rotatable bonds is 6. The smallest absolute Gasteiger partial charge is 0.260 e. The molecule has 1 aromatic carbocycles. The Morgan fingerprint density at radius 3 is 2.53 bits per heavy atom. The summed E-state index contributed by atoms with van der Waals surface area (Å²) in [6, 6.07) is 8.05. The number of likely N-dealkylation sites (N-methyl/N-ethyl adjacent to an activating group) is 1. The molecule has 0 saturated heterocycles. The van der Waals surface area contributed by atoms with Gasteiger partial charge in [0, 0.05) is 18.6 Å². The minimum Gasteiger partial charge on any atom is -0.484 e. The number of nitrogens with two attached hydrogens (primary N) is 1. The third-order valence-corrected chi connectivity index (χ3v) is 3.42. The minimum atomic E-state index is 0.0149. The van der Waals surface area contributed by atoms with Gasteiger partial charge in [-0.05, 0) is 44.4 Å². The maximum atomic E-state index is 12.0. The summed E-state index contributed by atoms with van der Waals surface area (Å²) in [4.78, 5) is 13.9. The van der Waals surface area contributed by atoms with Gasteiger partial charge in [-0.15, -0.1) is 0 Å². The highest BCUT2D eigenvalue weighted by Crippen LogP contribution is 2.26. The van der Waals surface area contributed by atoms with Crippen LogP contribution in [0.3, 0.4) is 0 Å². The van der Waals surface area contributed by atoms with Gasteiger partial charge in [0.15, 0.2) is 6.61 Å². The molecular weight excluding hydrogens is 240 g/mol. The summed E-state index contributed by atoms with van der Waals surface area (Å²) in [7, 11) is 0. The van der Waals surface area contributed by atoms with E-state index in [1.54, 1.807) is 0 Å². The second-order valence-electron chi connectivity index (χ2n) is 5.06. The van der Waals surface area contributed by atoms with E-state index in [9.17, 15) is 4.79 Å². The number of carbonyl (C=O) groups excluding carboxylic acids is 1. The van der Waals surface area contributed by atoms with E-state index in [1.165, 1.54) is 0 Å². The highest BCUT2D eigenvalue weighted by molar-refractivity contribution is 5.78. The lowest BCUT2D eigenvalue weighted by molar-refractivity contribution is -0.133. The molecule has 1 aliphatic rings. The van der Waals surface area contributed by atoms with E-state index in [0.717, 1.165) is 24.9 Å². The van der Waals surface area contributed by atoms with E-state index >= 15 is 0 Å². The number of hydrogen-bond acceptors (Lipinski definition) is 3. The zero-order chi connectivity index (χ0) is 13.8. The van der Waals surface area contributed by atoms with Crippen LogP contribution >= 0.6 is 0 Å². The molecule has 1 aliphatic carbocycles. The first-order chi connectivity index (χ1) is 9.11. The lowest BCUT2D eigenvalue weighted by Crippen LogP contribution is -2.36. The highest BCUT2D eigenvalue weighted by atomic mass is 16.5. The van der Waals surface area contributed by atoms with E-state index in [1.807, 2.05) is 43.0 Å². The molecule has 4 nitrogen and oxygen atoms in total. The van der Waals surface area contributed by atoms with Crippen LogP contribution in [0, 0.1) is 0 Å². The van der Waals surface area contributed by atoms with Crippen molar-refractivity contribution in [3.63, 3.8) is 0 Å². The Hall–Kier alpha value is -1.55. The molecule has 0 heterocycles. The van der Waals surface area contributed by atoms with Gasteiger partial charge in [0.2, 0.25) is 0 Å². The average molecular weight is 262 g/mol. The van der Waals surface area contributed by atoms with E-state index in [-0.39, 0.29) is 18.6 Å². The molecule has 0 aromatic heterocycles. The summed E-state index contributed by atoms with van der Waals surface area (Å²) >= 11 is 0. The third kappa shape index (κ3) is 3.70. The average Bonchev–Trinajstić information content (AvgIpc) is 3.22. The molecule has 1 atom stereocenters. The zero-order valence-corrected chi connectivity index (χ0v) is 11.6. The Kier molecular flexibility index (Phi) is 4.43. The van der Waals surface area contributed by atoms with Crippen LogP contribution in [0.1, 0.15) is 38.3 Å². The number of benzene rings is 1. The van der Waals surface area contributed by atoms with Gasteiger partial charge in [0.25, 0.3) is 5.91 Å². The predicted molar refractivity (Wildman–Crippen MR) is 74.9 cm³/mol. The second-order valence-corrected chi connectivity index (χ2v) is 5.06. The first-order valence-electron chi connectivity index (χ1n) is 6.89. The van der Waals surface area contributed by atoms with E-state index in [2.05, 4.69) is 0 Å². The van der Waals surface area contributed by atoms with E-state index in [4.69, 9.17) is 10.5 Å². The van der Waals surface area contributed by atoms with Crippen LogP contribution < -0.4 is 10.5 Å². The van der Waals surface area contributed by atoms with E-state index in [0.29, 0.717) is 11.8 Å². The third-order valence-electron chi connectivity index (χ3n) is 3.42. The zero-order valence-electron chi connectivity index (χ0n) is 11.6. The number of carbonyl (C=O) groups is 1. The van der Waals surface area contributed by atoms with Crippen molar-refractivity contribution in [2.45, 2.75) is 38.8 Å². The SMILES string of the molecule is CCN(C(=O)COc1ccc([C@H](C)N)cc1)C1CC1. The Morgan fingerprint density at radius 1 is 1.42 bits per heavy atom. The monoisotopic (exact) mass is 262 g/mol. The van der Waals surface area contributed by atoms with E-state index < -0.39 is 0 Å². The maximum Gasteiger partial charge on any atom is 0.260 e. The van der Waals surface area contributed by atoms with Crippen LogP contribution in [0.2, 0.25) is 0 Å². The molecule has 1 saturated carbocycles. The molecule has 0 bridgehead atoms. The van der Waals surface area contributed by atoms with Crippen molar-refractivity contribution in [2.75, 3.05) is 13.2 Å². The van der Waals surface area contributed by atoms with Gasteiger partial charge in [0.1, 0.15) is 5.75 Å². The van der Waals surface area contributed by atoms with Crippen molar-refractivity contribution >= 4 is 5.91 Å². The summed E-state index contributed by atoms with van der Waals surface area (Å²) in [6.07, 6.45) is 2.26. The Bertz CT molecular complexity index is 424. The van der Waals surface area contributed by atoms with Gasteiger partial charge in [-0.25, -0.2) is 0 Å². The van der Waals surface area contributed by atoms with Gasteiger partial charge in [-0.1, -0.05) is 12.1 Å². The van der Waals surface area contributed by atoms with Gasteiger partial charge in [-0.3, -0.25) is 4.79 Å². The molecule has 0 radical (unpaired) electrons. The van der Waals surface area contributed by atoms with Crippen molar-refractivity contribution in [2.24, 2.45) is 5.73 Å². The summed E-state index contributed by atoms with van der Waals surface area (Å²) in [5.41, 5.74) is 6.84. The molecule has 1 amide bonds. The fourth-order valence-corrected chi connectivity index (χ4v) is 2.12. The minimum absolute atomic E-state index is 0.0149. The standard InChI is InChI=1S/C15H22N2O2/c1-3-17(13-6-7-13)15(18)10-19-14-8-4-12(5-9-14)11(2)16/h4-5,8-9,11,13H,3,6-7,10,16H2,1-2H3/t11-/m0/s1. The Morgan fingerprint density at radius 2 is 2.05 bits per heavy atom. The second kappa shape index (κ2) is 6.06. The molecule has 0 unspecified atom stereocenters. The summed E-state index contributed by atoms with van der Waals surface area (Å²) in [5, 5.41) is 0. The largest absolute Gasteiger partial charge is 0.484 e. The molecule has 0 spiro atoms. The highest BCUT2D eigenvalue weighted by Gasteiger charge is 2.31. The molecule has 2 N–H and O–H groups in total. The first kappa shape index (κ1) is 13.9. The molecule has 19 heavy (non-hydrogen) atoms. The van der Waals surface area contributed by atoms with Crippen molar-refractivity contribution < 1.29 is 9.53 Å². The van der Waals surface area contributed by atoms with Crippen LogP contribution in [-0.4, -0.2) is 30.0 Å². The quantitative estimate of drug-likeness (QED) is 0.854. The number of hydrogen-bond donors (Lipinski definition) is 1. The number of ether oxygens (including phenoxy) is 1. The van der Waals surface area contributed by atoms with Crippen LogP contribution in [0.5, 0.6) is 5.75 Å².